The summed E-state index contributed by atoms with van der Waals surface area (Å²) in [7, 11) is -2.23. The van der Waals surface area contributed by atoms with Gasteiger partial charge in [0.05, 0.1) is 7.32 Å². The lowest BCUT2D eigenvalue weighted by atomic mass is 9.67. The molecule has 0 saturated carbocycles. The smallest absolute Gasteiger partial charge is 0.222 e. The highest BCUT2D eigenvalue weighted by atomic mass is 16.7. The molecule has 0 aliphatic rings. The summed E-state index contributed by atoms with van der Waals surface area (Å²) in [6.07, 6.45) is 24.7. The van der Waals surface area contributed by atoms with Gasteiger partial charge in [0, 0.05) is 45.7 Å². The Morgan fingerprint density at radius 1 is 0.429 bits per heavy atom. The van der Waals surface area contributed by atoms with Crippen LogP contribution in [0.25, 0.3) is 0 Å². The van der Waals surface area contributed by atoms with E-state index in [9.17, 15) is 10.0 Å². The maximum absolute atomic E-state index is 10.7. The number of hydrogen-bond acceptors (Lipinski definition) is 5. The summed E-state index contributed by atoms with van der Waals surface area (Å²) < 4.78 is 8.27. The summed E-state index contributed by atoms with van der Waals surface area (Å²) in [5, 5.41) is 21.4. The highest BCUT2D eigenvalue weighted by Gasteiger charge is 2.35. The van der Waals surface area contributed by atoms with Crippen LogP contribution in [0.3, 0.4) is 0 Å². The zero-order chi connectivity index (χ0) is 39.8. The zero-order valence-corrected chi connectivity index (χ0v) is 34.0. The van der Waals surface area contributed by atoms with Crippen molar-refractivity contribution in [1.29, 1.82) is 0 Å². The molecule has 8 heteroatoms. The Balaban J connectivity index is 0.000000241. The van der Waals surface area contributed by atoms with Crippen molar-refractivity contribution < 1.29 is 33.8 Å². The third-order valence-corrected chi connectivity index (χ3v) is 9.60. The van der Waals surface area contributed by atoms with Gasteiger partial charge in [0.25, 0.3) is 0 Å². The zero-order valence-electron chi connectivity index (χ0n) is 34.0. The number of unbranched alkanes of at least 4 members (excludes halogenated alkanes) is 10. The minimum Gasteiger partial charge on any atom is -0.871 e. The van der Waals surface area contributed by atoms with E-state index in [0.29, 0.717) is 6.42 Å². The van der Waals surface area contributed by atoms with Gasteiger partial charge in [-0.05, 0) is 55.2 Å². The van der Waals surface area contributed by atoms with Crippen molar-refractivity contribution in [1.82, 2.24) is 0 Å². The van der Waals surface area contributed by atoms with E-state index in [1.54, 1.807) is 9.46 Å². The van der Waals surface area contributed by atoms with E-state index in [4.69, 9.17) is 14.3 Å². The van der Waals surface area contributed by atoms with Crippen molar-refractivity contribution in [3.63, 3.8) is 0 Å². The topological polar surface area (TPSA) is 81.6 Å². The van der Waals surface area contributed by atoms with Crippen molar-refractivity contribution in [3.8, 4) is 0 Å². The molecular weight excluding hydrogens is 695 g/mol. The molecular formula is C48H65BN2O5. The summed E-state index contributed by atoms with van der Waals surface area (Å²) in [5.41, 5.74) is 3.17. The van der Waals surface area contributed by atoms with Crippen molar-refractivity contribution in [2.24, 2.45) is 0 Å². The first-order valence-electron chi connectivity index (χ1n) is 20.9. The molecule has 0 aliphatic heterocycles. The van der Waals surface area contributed by atoms with E-state index >= 15 is 0 Å². The van der Waals surface area contributed by atoms with Crippen LogP contribution in [-0.4, -0.2) is 27.1 Å². The van der Waals surface area contributed by atoms with Gasteiger partial charge in [-0.15, -0.1) is 0 Å². The number of pyridine rings is 2. The van der Waals surface area contributed by atoms with E-state index in [1.807, 2.05) is 116 Å². The second-order valence-electron chi connectivity index (χ2n) is 13.9. The first kappa shape index (κ1) is 45.9. The van der Waals surface area contributed by atoms with E-state index in [1.165, 1.54) is 80.9 Å². The van der Waals surface area contributed by atoms with Crippen LogP contribution in [-0.2, 0) is 10.1 Å². The van der Waals surface area contributed by atoms with E-state index in [2.05, 4.69) is 50.2 Å². The minimum atomic E-state index is -2.23. The van der Waals surface area contributed by atoms with E-state index in [-0.39, 0.29) is 12.0 Å². The number of hydrogen-bond donors (Lipinski definition) is 0. The average Bonchev–Trinajstić information content (AvgIpc) is 3.25. The van der Waals surface area contributed by atoms with Gasteiger partial charge < -0.3 is 14.7 Å². The molecule has 0 bridgehead atoms. The number of aromatic nitrogens is 2. The van der Waals surface area contributed by atoms with Crippen LogP contribution in [0.1, 0.15) is 120 Å². The second kappa shape index (κ2) is 29.7. The SMILES string of the molecule is CCCCCCCCO[n+]1ccccc1.CCCCCCCCO[n+]1ccccc1.[O-]B([O-])OCCCC(c1ccccc1)(c1ccccc1)c1ccccc1. The third-order valence-electron chi connectivity index (χ3n) is 9.60. The van der Waals surface area contributed by atoms with Crippen LogP contribution in [0.4, 0.5) is 0 Å². The lowest BCUT2D eigenvalue weighted by molar-refractivity contribution is -0.891. The fourth-order valence-electron chi connectivity index (χ4n) is 6.66. The van der Waals surface area contributed by atoms with Crippen molar-refractivity contribution in [3.05, 3.63) is 169 Å². The predicted molar refractivity (Wildman–Crippen MR) is 223 cm³/mol. The standard InChI is InChI=1S/C22H21BO3.2C13H22NO/c24-23(25)26-18-10-17-22(19-11-4-1-5-12-19,20-13-6-2-7-14-20)21-15-8-3-9-16-21;2*1-2-3-4-5-6-10-13-15-14-11-8-7-9-12-14/h1-9,11-16H,10,17-18H2;2*7-9,11-12H,2-6,10,13H2,1H3/q-2;2*+1. The molecule has 300 valence electrons. The van der Waals surface area contributed by atoms with Crippen molar-refractivity contribution >= 4 is 7.32 Å². The van der Waals surface area contributed by atoms with Gasteiger partial charge in [-0.25, -0.2) is 0 Å². The van der Waals surface area contributed by atoms with Crippen LogP contribution in [0.15, 0.2) is 152 Å². The Morgan fingerprint density at radius 2 is 0.768 bits per heavy atom. The van der Waals surface area contributed by atoms with Gasteiger partial charge in [-0.3, -0.25) is 9.68 Å². The van der Waals surface area contributed by atoms with E-state index < -0.39 is 7.32 Å². The number of benzene rings is 3. The molecule has 0 amide bonds. The quantitative estimate of drug-likeness (QED) is 0.0275. The molecule has 0 N–H and O–H groups in total. The molecule has 5 rings (SSSR count). The van der Waals surface area contributed by atoms with E-state index in [0.717, 1.165) is 32.5 Å². The van der Waals surface area contributed by atoms with Crippen LogP contribution >= 0.6 is 0 Å². The maximum atomic E-state index is 10.7. The Morgan fingerprint density at radius 3 is 1.12 bits per heavy atom. The summed E-state index contributed by atoms with van der Waals surface area (Å²) in [4.78, 5) is 11.1. The molecule has 0 saturated heterocycles. The molecule has 0 aliphatic carbocycles. The molecule has 3 aromatic carbocycles. The molecule has 0 unspecified atom stereocenters. The fraction of sp³-hybridized carbons (Fsp3) is 0.417. The molecule has 0 spiro atoms. The first-order chi connectivity index (χ1) is 27.6. The minimum absolute atomic E-state index is 0.159. The second-order valence-corrected chi connectivity index (χ2v) is 13.9. The molecule has 7 nitrogen and oxygen atoms in total. The Bertz CT molecular complexity index is 1450. The van der Waals surface area contributed by atoms with Crippen LogP contribution < -0.4 is 29.2 Å². The van der Waals surface area contributed by atoms with Gasteiger partial charge >= 0.3 is 0 Å². The van der Waals surface area contributed by atoms with Gasteiger partial charge in [0.15, 0.2) is 13.2 Å². The largest absolute Gasteiger partial charge is 0.871 e. The normalized spacial score (nSPS) is 10.7. The highest BCUT2D eigenvalue weighted by molar-refractivity contribution is 6.28. The fourth-order valence-corrected chi connectivity index (χ4v) is 6.66. The van der Waals surface area contributed by atoms with Crippen LogP contribution in [0.2, 0.25) is 0 Å². The Kier molecular flexibility index (Phi) is 24.4. The highest BCUT2D eigenvalue weighted by Crippen LogP contribution is 2.42. The maximum Gasteiger partial charge on any atom is 0.222 e. The predicted octanol–water partition coefficient (Wildman–Crippen LogP) is 8.05. The number of rotatable bonds is 24. The van der Waals surface area contributed by atoms with Gasteiger partial charge in [-0.2, -0.15) is 0 Å². The van der Waals surface area contributed by atoms with Crippen LogP contribution in [0, 0.1) is 0 Å². The summed E-state index contributed by atoms with van der Waals surface area (Å²) >= 11 is 0. The molecule has 56 heavy (non-hydrogen) atoms. The Labute approximate surface area is 338 Å². The van der Waals surface area contributed by atoms with Gasteiger partial charge in [-0.1, -0.05) is 168 Å². The molecule has 5 aromatic rings. The lowest BCUT2D eigenvalue weighted by Crippen LogP contribution is -2.48. The summed E-state index contributed by atoms with van der Waals surface area (Å²) in [6, 6.07) is 42.9. The molecule has 2 heterocycles. The van der Waals surface area contributed by atoms with Crippen molar-refractivity contribution in [2.45, 2.75) is 109 Å². The molecule has 0 atom stereocenters. The monoisotopic (exact) mass is 760 g/mol. The third kappa shape index (κ3) is 18.4. The molecule has 0 fully saturated rings. The average molecular weight is 761 g/mol. The molecule has 2 aromatic heterocycles. The lowest BCUT2D eigenvalue weighted by Gasteiger charge is -2.37. The van der Waals surface area contributed by atoms with Crippen LogP contribution in [0.5, 0.6) is 0 Å². The Hall–Kier alpha value is -4.50. The summed E-state index contributed by atoms with van der Waals surface area (Å²) in [6.45, 7) is 6.29. The molecule has 0 radical (unpaired) electrons. The van der Waals surface area contributed by atoms with Gasteiger partial charge in [0.1, 0.15) is 0 Å². The summed E-state index contributed by atoms with van der Waals surface area (Å²) in [5.74, 6) is 0. The first-order valence-corrected chi connectivity index (χ1v) is 20.9. The van der Waals surface area contributed by atoms with Gasteiger partial charge in [0.2, 0.25) is 24.8 Å². The van der Waals surface area contributed by atoms with Crippen molar-refractivity contribution in [2.75, 3.05) is 19.8 Å². The number of nitrogens with zero attached hydrogens (tertiary/aromatic N) is 2.